The molecule has 3 rings (SSSR count). The molecule has 1 N–H and O–H groups in total. The molecule has 0 saturated carbocycles. The van der Waals surface area contributed by atoms with Gasteiger partial charge >= 0.3 is 0 Å². The summed E-state index contributed by atoms with van der Waals surface area (Å²) in [6.45, 7) is 6.44. The molecule has 0 aromatic carbocycles. The summed E-state index contributed by atoms with van der Waals surface area (Å²) in [5.41, 5.74) is 0. The maximum absolute atomic E-state index is 5.81. The van der Waals surface area contributed by atoms with Crippen LogP contribution in [0.5, 0.6) is 0 Å². The Hall–Kier alpha value is -0.160. The molecule has 3 aliphatic rings. The summed E-state index contributed by atoms with van der Waals surface area (Å²) in [6.07, 6.45) is 6.35. The maximum Gasteiger partial charge on any atom is 0.157 e. The van der Waals surface area contributed by atoms with Crippen LogP contribution in [0.1, 0.15) is 32.1 Å². The van der Waals surface area contributed by atoms with Gasteiger partial charge < -0.3 is 14.8 Å². The molecule has 3 atom stereocenters. The van der Waals surface area contributed by atoms with Gasteiger partial charge in [0.2, 0.25) is 0 Å². The van der Waals surface area contributed by atoms with Gasteiger partial charge in [-0.05, 0) is 44.6 Å². The first-order valence-electron chi connectivity index (χ1n) is 7.61. The lowest BCUT2D eigenvalue weighted by molar-refractivity contribution is -0.163. The Morgan fingerprint density at radius 1 is 1.17 bits per heavy atom. The Morgan fingerprint density at radius 2 is 2.17 bits per heavy atom. The monoisotopic (exact) mass is 254 g/mol. The lowest BCUT2D eigenvalue weighted by Crippen LogP contribution is -2.40. The number of nitrogens with zero attached hydrogens (tertiary/aromatic N) is 1. The summed E-state index contributed by atoms with van der Waals surface area (Å²) in [7, 11) is 0. The van der Waals surface area contributed by atoms with Crippen LogP contribution in [0.4, 0.5) is 0 Å². The molecule has 0 radical (unpaired) electrons. The summed E-state index contributed by atoms with van der Waals surface area (Å²) in [5, 5.41) is 3.64. The van der Waals surface area contributed by atoms with Crippen LogP contribution in [-0.2, 0) is 9.47 Å². The molecular weight excluding hydrogens is 228 g/mol. The standard InChI is InChI=1S/C14H26N2O2/c1-2-8-17-14(5-1)18-9-7-16-10-12-4-3-6-15-13(12)11-16/h12-15H,1-11H2. The highest BCUT2D eigenvalue weighted by molar-refractivity contribution is 4.91. The second kappa shape index (κ2) is 6.33. The van der Waals surface area contributed by atoms with Gasteiger partial charge in [0.15, 0.2) is 6.29 Å². The highest BCUT2D eigenvalue weighted by Crippen LogP contribution is 2.24. The first-order valence-corrected chi connectivity index (χ1v) is 7.61. The Balaban J connectivity index is 1.34. The van der Waals surface area contributed by atoms with Crippen molar-refractivity contribution in [3.05, 3.63) is 0 Å². The minimum atomic E-state index is 0.0711. The Kier molecular flexibility index (Phi) is 4.52. The zero-order valence-corrected chi connectivity index (χ0v) is 11.3. The average molecular weight is 254 g/mol. The number of fused-ring (bicyclic) bond motifs is 1. The molecule has 4 heteroatoms. The molecule has 3 unspecified atom stereocenters. The van der Waals surface area contributed by atoms with Crippen molar-refractivity contribution in [3.8, 4) is 0 Å². The van der Waals surface area contributed by atoms with Gasteiger partial charge in [0.25, 0.3) is 0 Å². The van der Waals surface area contributed by atoms with Crippen LogP contribution < -0.4 is 5.32 Å². The fourth-order valence-corrected chi connectivity index (χ4v) is 3.47. The minimum absolute atomic E-state index is 0.0711. The van der Waals surface area contributed by atoms with Gasteiger partial charge in [-0.2, -0.15) is 0 Å². The van der Waals surface area contributed by atoms with Crippen molar-refractivity contribution >= 4 is 0 Å². The molecule has 0 amide bonds. The maximum atomic E-state index is 5.81. The van der Waals surface area contributed by atoms with Crippen molar-refractivity contribution in [2.45, 2.75) is 44.4 Å². The van der Waals surface area contributed by atoms with Crippen LogP contribution in [-0.4, -0.2) is 56.6 Å². The molecule has 0 aromatic rings. The van der Waals surface area contributed by atoms with Crippen LogP contribution >= 0.6 is 0 Å². The third-order valence-corrected chi connectivity index (χ3v) is 4.52. The molecule has 3 fully saturated rings. The summed E-state index contributed by atoms with van der Waals surface area (Å²) >= 11 is 0. The van der Waals surface area contributed by atoms with Crippen LogP contribution in [0.2, 0.25) is 0 Å². The number of hydrogen-bond donors (Lipinski definition) is 1. The normalized spacial score (nSPS) is 37.7. The van der Waals surface area contributed by atoms with E-state index in [1.54, 1.807) is 0 Å². The number of piperidine rings is 1. The molecule has 0 aliphatic carbocycles. The first kappa shape index (κ1) is 12.9. The van der Waals surface area contributed by atoms with Crippen LogP contribution in [0.25, 0.3) is 0 Å². The van der Waals surface area contributed by atoms with Gasteiger partial charge in [-0.25, -0.2) is 0 Å². The minimum Gasteiger partial charge on any atom is -0.353 e. The van der Waals surface area contributed by atoms with Gasteiger partial charge in [0, 0.05) is 32.3 Å². The number of ether oxygens (including phenoxy) is 2. The molecule has 0 aromatic heterocycles. The summed E-state index contributed by atoms with van der Waals surface area (Å²) < 4.78 is 11.4. The third kappa shape index (κ3) is 3.23. The van der Waals surface area contributed by atoms with E-state index in [9.17, 15) is 0 Å². The second-order valence-electron chi connectivity index (χ2n) is 5.89. The van der Waals surface area contributed by atoms with E-state index in [1.165, 1.54) is 45.3 Å². The molecule has 3 heterocycles. The van der Waals surface area contributed by atoms with E-state index in [-0.39, 0.29) is 6.29 Å². The van der Waals surface area contributed by atoms with Crippen molar-refractivity contribution in [1.82, 2.24) is 10.2 Å². The molecule has 4 nitrogen and oxygen atoms in total. The molecule has 0 bridgehead atoms. The molecular formula is C14H26N2O2. The third-order valence-electron chi connectivity index (χ3n) is 4.52. The van der Waals surface area contributed by atoms with E-state index in [0.29, 0.717) is 0 Å². The Bertz CT molecular complexity index is 242. The summed E-state index contributed by atoms with van der Waals surface area (Å²) in [4.78, 5) is 2.55. The Morgan fingerprint density at radius 3 is 3.00 bits per heavy atom. The number of likely N-dealkylation sites (tertiary alicyclic amines) is 1. The van der Waals surface area contributed by atoms with E-state index >= 15 is 0 Å². The second-order valence-corrected chi connectivity index (χ2v) is 5.89. The van der Waals surface area contributed by atoms with E-state index in [1.807, 2.05) is 0 Å². The lowest BCUT2D eigenvalue weighted by Gasteiger charge is -2.24. The molecule has 104 valence electrons. The zero-order chi connectivity index (χ0) is 12.2. The van der Waals surface area contributed by atoms with Gasteiger partial charge in [0.1, 0.15) is 0 Å². The number of hydrogen-bond acceptors (Lipinski definition) is 4. The average Bonchev–Trinajstić information content (AvgIpc) is 2.82. The lowest BCUT2D eigenvalue weighted by atomic mass is 9.94. The van der Waals surface area contributed by atoms with E-state index in [4.69, 9.17) is 9.47 Å². The predicted molar refractivity (Wildman–Crippen MR) is 70.5 cm³/mol. The quantitative estimate of drug-likeness (QED) is 0.818. The number of nitrogens with one attached hydrogen (secondary N) is 1. The highest BCUT2D eigenvalue weighted by atomic mass is 16.7. The van der Waals surface area contributed by atoms with Gasteiger partial charge in [-0.15, -0.1) is 0 Å². The van der Waals surface area contributed by atoms with Crippen molar-refractivity contribution in [2.75, 3.05) is 39.4 Å². The zero-order valence-electron chi connectivity index (χ0n) is 11.3. The van der Waals surface area contributed by atoms with Crippen LogP contribution in [0.3, 0.4) is 0 Å². The van der Waals surface area contributed by atoms with Crippen molar-refractivity contribution in [2.24, 2.45) is 5.92 Å². The van der Waals surface area contributed by atoms with E-state index < -0.39 is 0 Å². The van der Waals surface area contributed by atoms with E-state index in [2.05, 4.69) is 10.2 Å². The first-order chi connectivity index (χ1) is 8.92. The van der Waals surface area contributed by atoms with Crippen LogP contribution in [0.15, 0.2) is 0 Å². The fourth-order valence-electron chi connectivity index (χ4n) is 3.47. The Labute approximate surface area is 110 Å². The molecule has 3 aliphatic heterocycles. The summed E-state index contributed by atoms with van der Waals surface area (Å²) in [5.74, 6) is 0.879. The van der Waals surface area contributed by atoms with Gasteiger partial charge in [-0.3, -0.25) is 4.90 Å². The fraction of sp³-hybridized carbons (Fsp3) is 1.00. The topological polar surface area (TPSA) is 33.7 Å². The van der Waals surface area contributed by atoms with Crippen LogP contribution in [0, 0.1) is 5.92 Å². The summed E-state index contributed by atoms with van der Waals surface area (Å²) in [6, 6.07) is 0.740. The predicted octanol–water partition coefficient (Wildman–Crippen LogP) is 1.21. The molecule has 18 heavy (non-hydrogen) atoms. The largest absolute Gasteiger partial charge is 0.353 e. The van der Waals surface area contributed by atoms with Crippen molar-refractivity contribution < 1.29 is 9.47 Å². The SMILES string of the molecule is C1CCC(OCCN2CC3CCCNC3C2)OC1. The van der Waals surface area contributed by atoms with Gasteiger partial charge in [0.05, 0.1) is 6.61 Å². The van der Waals surface area contributed by atoms with Gasteiger partial charge in [-0.1, -0.05) is 0 Å². The highest BCUT2D eigenvalue weighted by Gasteiger charge is 2.33. The smallest absolute Gasteiger partial charge is 0.157 e. The van der Waals surface area contributed by atoms with Crippen molar-refractivity contribution in [3.63, 3.8) is 0 Å². The van der Waals surface area contributed by atoms with Crippen molar-refractivity contribution in [1.29, 1.82) is 0 Å². The van der Waals surface area contributed by atoms with E-state index in [0.717, 1.165) is 38.1 Å². The molecule has 0 spiro atoms. The molecule has 3 saturated heterocycles. The number of rotatable bonds is 4.